The smallest absolute Gasteiger partial charge is 0.269 e. The molecule has 158 valence electrons. The third kappa shape index (κ3) is 4.97. The van der Waals surface area contributed by atoms with Crippen molar-refractivity contribution in [3.63, 3.8) is 0 Å². The number of benzene rings is 2. The Labute approximate surface area is 177 Å². The second-order valence-corrected chi connectivity index (χ2v) is 6.94. The third-order valence-electron chi connectivity index (χ3n) is 4.17. The molecule has 3 rings (SSSR count). The molecule has 2 aromatic carbocycles. The highest BCUT2D eigenvalue weighted by molar-refractivity contribution is 7.14. The van der Waals surface area contributed by atoms with Crippen LogP contribution in [0.25, 0.3) is 11.3 Å². The average molecular weight is 430 g/mol. The fourth-order valence-electron chi connectivity index (χ4n) is 2.76. The summed E-state index contributed by atoms with van der Waals surface area (Å²) in [6.07, 6.45) is 0. The van der Waals surface area contributed by atoms with Gasteiger partial charge in [-0.3, -0.25) is 15.5 Å². The highest BCUT2D eigenvalue weighted by Gasteiger charge is 2.14. The number of nitro groups is 1. The van der Waals surface area contributed by atoms with Crippen LogP contribution in [0.3, 0.4) is 0 Å². The standard InChI is InChI=1S/C20H22N4O5S/c1-4-29-19-17(27-2)9-13(10-18(19)28-3)11-21-23-20-22-16(12-30-20)14-5-7-15(8-6-14)24(25)26/h5-10,12,21H,4,11H2,1-3H3,(H,22,23). The number of methoxy groups -OCH3 is 2. The molecule has 0 aliphatic rings. The summed E-state index contributed by atoms with van der Waals surface area (Å²) in [5.41, 5.74) is 8.72. The number of hydrogen-bond donors (Lipinski definition) is 2. The number of hydrazine groups is 1. The summed E-state index contributed by atoms with van der Waals surface area (Å²) in [5, 5.41) is 13.3. The van der Waals surface area contributed by atoms with Gasteiger partial charge in [0.1, 0.15) is 0 Å². The lowest BCUT2D eigenvalue weighted by Crippen LogP contribution is -2.20. The van der Waals surface area contributed by atoms with E-state index in [9.17, 15) is 10.1 Å². The van der Waals surface area contributed by atoms with E-state index in [1.807, 2.05) is 24.4 Å². The van der Waals surface area contributed by atoms with Gasteiger partial charge in [0.05, 0.1) is 31.4 Å². The van der Waals surface area contributed by atoms with Crippen LogP contribution >= 0.6 is 11.3 Å². The summed E-state index contributed by atoms with van der Waals surface area (Å²) < 4.78 is 16.4. The zero-order valence-corrected chi connectivity index (χ0v) is 17.6. The molecule has 2 N–H and O–H groups in total. The predicted octanol–water partition coefficient (Wildman–Crippen LogP) is 4.25. The van der Waals surface area contributed by atoms with E-state index < -0.39 is 4.92 Å². The molecule has 1 aromatic heterocycles. The molecule has 0 radical (unpaired) electrons. The minimum Gasteiger partial charge on any atom is -0.493 e. The minimum atomic E-state index is -0.424. The monoisotopic (exact) mass is 430 g/mol. The number of nitrogens with one attached hydrogen (secondary N) is 2. The summed E-state index contributed by atoms with van der Waals surface area (Å²) in [6.45, 7) is 2.90. The molecule has 0 bridgehead atoms. The van der Waals surface area contributed by atoms with Gasteiger partial charge < -0.3 is 14.2 Å². The molecule has 0 aliphatic carbocycles. The molecule has 0 fully saturated rings. The van der Waals surface area contributed by atoms with E-state index in [-0.39, 0.29) is 5.69 Å². The van der Waals surface area contributed by atoms with Gasteiger partial charge in [0.15, 0.2) is 16.6 Å². The average Bonchev–Trinajstić information content (AvgIpc) is 3.23. The molecule has 0 saturated carbocycles. The van der Waals surface area contributed by atoms with Gasteiger partial charge in [-0.1, -0.05) is 0 Å². The van der Waals surface area contributed by atoms with Crippen molar-refractivity contribution in [2.75, 3.05) is 26.3 Å². The molecule has 10 heteroatoms. The molecular weight excluding hydrogens is 408 g/mol. The van der Waals surface area contributed by atoms with E-state index in [1.165, 1.54) is 23.5 Å². The molecule has 30 heavy (non-hydrogen) atoms. The number of ether oxygens (including phenoxy) is 3. The molecule has 9 nitrogen and oxygen atoms in total. The first-order valence-corrected chi connectivity index (χ1v) is 10.0. The van der Waals surface area contributed by atoms with Crippen LogP contribution in [0, 0.1) is 10.1 Å². The fourth-order valence-corrected chi connectivity index (χ4v) is 3.46. The summed E-state index contributed by atoms with van der Waals surface area (Å²) in [5.74, 6) is 1.78. The van der Waals surface area contributed by atoms with Crippen molar-refractivity contribution in [1.29, 1.82) is 0 Å². The van der Waals surface area contributed by atoms with Crippen molar-refractivity contribution >= 4 is 22.2 Å². The third-order valence-corrected chi connectivity index (χ3v) is 4.93. The maximum absolute atomic E-state index is 10.8. The number of nitro benzene ring substituents is 1. The molecule has 3 aromatic rings. The van der Waals surface area contributed by atoms with Crippen molar-refractivity contribution in [3.8, 4) is 28.5 Å². The highest BCUT2D eigenvalue weighted by Crippen LogP contribution is 2.38. The number of aromatic nitrogens is 1. The van der Waals surface area contributed by atoms with Crippen LogP contribution in [0.2, 0.25) is 0 Å². The summed E-state index contributed by atoms with van der Waals surface area (Å²) in [6, 6.07) is 10.1. The van der Waals surface area contributed by atoms with Crippen LogP contribution in [0.4, 0.5) is 10.8 Å². The van der Waals surface area contributed by atoms with Crippen molar-refractivity contribution in [1.82, 2.24) is 10.4 Å². The highest BCUT2D eigenvalue weighted by atomic mass is 32.1. The first kappa shape index (κ1) is 21.3. The Morgan fingerprint density at radius 2 is 1.80 bits per heavy atom. The Hall–Kier alpha value is -3.37. The van der Waals surface area contributed by atoms with E-state index in [0.717, 1.165) is 16.8 Å². The summed E-state index contributed by atoms with van der Waals surface area (Å²) in [7, 11) is 3.17. The Bertz CT molecular complexity index is 982. The zero-order chi connectivity index (χ0) is 21.5. The second-order valence-electron chi connectivity index (χ2n) is 6.08. The molecule has 0 spiro atoms. The maximum Gasteiger partial charge on any atom is 0.269 e. The number of anilines is 1. The topological polar surface area (TPSA) is 108 Å². The van der Waals surface area contributed by atoms with Gasteiger partial charge in [-0.05, 0) is 36.8 Å². The van der Waals surface area contributed by atoms with Crippen LogP contribution in [-0.2, 0) is 6.54 Å². The summed E-state index contributed by atoms with van der Waals surface area (Å²) in [4.78, 5) is 14.8. The lowest BCUT2D eigenvalue weighted by molar-refractivity contribution is -0.384. The van der Waals surface area contributed by atoms with Gasteiger partial charge in [-0.15, -0.1) is 11.3 Å². The Kier molecular flexibility index (Phi) is 7.04. The fraction of sp³-hybridized carbons (Fsp3) is 0.250. The van der Waals surface area contributed by atoms with Crippen molar-refractivity contribution in [2.45, 2.75) is 13.5 Å². The largest absolute Gasteiger partial charge is 0.493 e. The molecule has 0 unspecified atom stereocenters. The van der Waals surface area contributed by atoms with Gasteiger partial charge >= 0.3 is 0 Å². The zero-order valence-electron chi connectivity index (χ0n) is 16.8. The van der Waals surface area contributed by atoms with Crippen LogP contribution in [-0.4, -0.2) is 30.7 Å². The minimum absolute atomic E-state index is 0.0511. The lowest BCUT2D eigenvalue weighted by atomic mass is 10.1. The van der Waals surface area contributed by atoms with Crippen molar-refractivity contribution < 1.29 is 19.1 Å². The van der Waals surface area contributed by atoms with E-state index in [1.54, 1.807) is 26.4 Å². The number of non-ortho nitro benzene ring substituents is 1. The van der Waals surface area contributed by atoms with Gasteiger partial charge in [0.25, 0.3) is 5.69 Å². The number of thiazole rings is 1. The van der Waals surface area contributed by atoms with E-state index in [0.29, 0.717) is 35.5 Å². The van der Waals surface area contributed by atoms with Gasteiger partial charge in [0.2, 0.25) is 5.75 Å². The number of hydrogen-bond acceptors (Lipinski definition) is 9. The van der Waals surface area contributed by atoms with Gasteiger partial charge in [-0.25, -0.2) is 10.4 Å². The molecule has 0 aliphatic heterocycles. The van der Waals surface area contributed by atoms with Crippen molar-refractivity contribution in [2.24, 2.45) is 0 Å². The lowest BCUT2D eigenvalue weighted by Gasteiger charge is -2.15. The summed E-state index contributed by atoms with van der Waals surface area (Å²) >= 11 is 1.43. The predicted molar refractivity (Wildman–Crippen MR) is 115 cm³/mol. The molecule has 0 amide bonds. The maximum atomic E-state index is 10.8. The Morgan fingerprint density at radius 1 is 1.13 bits per heavy atom. The van der Waals surface area contributed by atoms with Crippen LogP contribution in [0.15, 0.2) is 41.8 Å². The quantitative estimate of drug-likeness (QED) is 0.363. The molecule has 0 atom stereocenters. The van der Waals surface area contributed by atoms with Crippen LogP contribution in [0.1, 0.15) is 12.5 Å². The van der Waals surface area contributed by atoms with E-state index in [4.69, 9.17) is 14.2 Å². The molecule has 0 saturated heterocycles. The Balaban J connectivity index is 1.64. The SMILES string of the molecule is CCOc1c(OC)cc(CNNc2nc(-c3ccc([N+](=O)[O-])cc3)cs2)cc1OC. The normalized spacial score (nSPS) is 10.5. The second kappa shape index (κ2) is 9.90. The van der Waals surface area contributed by atoms with Gasteiger partial charge in [-0.2, -0.15) is 0 Å². The number of nitrogens with zero attached hydrogens (tertiary/aromatic N) is 2. The Morgan fingerprint density at radius 3 is 2.37 bits per heavy atom. The molecule has 1 heterocycles. The number of rotatable bonds is 10. The van der Waals surface area contributed by atoms with E-state index in [2.05, 4.69) is 15.8 Å². The van der Waals surface area contributed by atoms with Crippen molar-refractivity contribution in [3.05, 3.63) is 57.5 Å². The first-order chi connectivity index (χ1) is 14.5. The van der Waals surface area contributed by atoms with Gasteiger partial charge in [0, 0.05) is 29.6 Å². The van der Waals surface area contributed by atoms with E-state index >= 15 is 0 Å². The first-order valence-electron chi connectivity index (χ1n) is 9.12. The van der Waals surface area contributed by atoms with Crippen LogP contribution in [0.5, 0.6) is 17.2 Å². The van der Waals surface area contributed by atoms with Crippen LogP contribution < -0.4 is 25.1 Å². The molecular formula is C20H22N4O5S.